The number of carbonyl (C=O) groups excluding carboxylic acids is 1. The van der Waals surface area contributed by atoms with Crippen molar-refractivity contribution in [2.24, 2.45) is 5.92 Å². The molecule has 6 heteroatoms. The van der Waals surface area contributed by atoms with Crippen LogP contribution in [0.25, 0.3) is 23.1 Å². The number of nitrogens with zero attached hydrogens (tertiary/aromatic N) is 1. The van der Waals surface area contributed by atoms with Gasteiger partial charge in [0, 0.05) is 17.5 Å². The van der Waals surface area contributed by atoms with Gasteiger partial charge in [-0.2, -0.15) is 5.10 Å². The fourth-order valence-corrected chi connectivity index (χ4v) is 2.83. The van der Waals surface area contributed by atoms with E-state index in [9.17, 15) is 13.6 Å². The number of hydrogen-bond acceptors (Lipinski definition) is 2. The van der Waals surface area contributed by atoms with E-state index in [2.05, 4.69) is 15.5 Å². The molecule has 4 nitrogen and oxygen atoms in total. The van der Waals surface area contributed by atoms with Crippen molar-refractivity contribution in [3.05, 3.63) is 59.3 Å². The molecular formula is C20H17F2N3O. The number of anilines is 1. The summed E-state index contributed by atoms with van der Waals surface area (Å²) < 4.78 is 26.3. The first-order valence-corrected chi connectivity index (χ1v) is 8.49. The monoisotopic (exact) mass is 353 g/mol. The van der Waals surface area contributed by atoms with Crippen LogP contribution in [0.15, 0.2) is 36.4 Å². The predicted molar refractivity (Wildman–Crippen MR) is 97.4 cm³/mol. The molecule has 0 atom stereocenters. The Labute approximate surface area is 148 Å². The Morgan fingerprint density at radius 1 is 1.15 bits per heavy atom. The van der Waals surface area contributed by atoms with Crippen LogP contribution in [0.4, 0.5) is 14.5 Å². The second kappa shape index (κ2) is 6.71. The molecule has 1 amide bonds. The van der Waals surface area contributed by atoms with Crippen molar-refractivity contribution in [3.8, 4) is 0 Å². The molecule has 26 heavy (non-hydrogen) atoms. The number of halogens is 2. The number of benzene rings is 2. The lowest BCUT2D eigenvalue weighted by Crippen LogP contribution is -2.11. The summed E-state index contributed by atoms with van der Waals surface area (Å²) in [4.78, 5) is 12.0. The third kappa shape index (κ3) is 3.64. The minimum absolute atomic E-state index is 0.0224. The highest BCUT2D eigenvalue weighted by molar-refractivity contribution is 5.96. The summed E-state index contributed by atoms with van der Waals surface area (Å²) in [5, 5.41) is 10.9. The Bertz CT molecular complexity index is 1010. The molecule has 0 aliphatic heterocycles. The fourth-order valence-electron chi connectivity index (χ4n) is 2.83. The smallest absolute Gasteiger partial charge is 0.224 e. The summed E-state index contributed by atoms with van der Waals surface area (Å²) >= 11 is 0. The van der Waals surface area contributed by atoms with Crippen molar-refractivity contribution < 1.29 is 13.6 Å². The lowest BCUT2D eigenvalue weighted by Gasteiger charge is -2.04. The van der Waals surface area contributed by atoms with Gasteiger partial charge in [-0.1, -0.05) is 12.1 Å². The maximum Gasteiger partial charge on any atom is 0.224 e. The summed E-state index contributed by atoms with van der Waals surface area (Å²) in [6, 6.07) is 9.25. The van der Waals surface area contributed by atoms with Crippen LogP contribution in [0.2, 0.25) is 0 Å². The van der Waals surface area contributed by atoms with Gasteiger partial charge in [0.1, 0.15) is 0 Å². The highest BCUT2D eigenvalue weighted by Gasteiger charge is 2.24. The topological polar surface area (TPSA) is 57.8 Å². The first kappa shape index (κ1) is 16.4. The number of rotatable bonds is 5. The summed E-state index contributed by atoms with van der Waals surface area (Å²) in [6.45, 7) is 0. The second-order valence-electron chi connectivity index (χ2n) is 6.57. The normalized spacial score (nSPS) is 14.2. The summed E-state index contributed by atoms with van der Waals surface area (Å²) in [5.74, 6) is -1.21. The van der Waals surface area contributed by atoms with E-state index in [0.717, 1.165) is 35.9 Å². The molecule has 2 aromatic carbocycles. The van der Waals surface area contributed by atoms with Gasteiger partial charge in [0.05, 0.1) is 11.2 Å². The summed E-state index contributed by atoms with van der Waals surface area (Å²) in [7, 11) is 0. The van der Waals surface area contributed by atoms with Crippen LogP contribution in [-0.4, -0.2) is 16.1 Å². The van der Waals surface area contributed by atoms with E-state index in [1.54, 1.807) is 12.2 Å². The van der Waals surface area contributed by atoms with Crippen LogP contribution in [0, 0.1) is 17.6 Å². The van der Waals surface area contributed by atoms with Gasteiger partial charge in [0.15, 0.2) is 11.6 Å². The number of fused-ring (bicyclic) bond motifs is 1. The van der Waals surface area contributed by atoms with Gasteiger partial charge in [-0.05, 0) is 60.7 Å². The van der Waals surface area contributed by atoms with Gasteiger partial charge in [0.25, 0.3) is 0 Å². The number of nitrogens with one attached hydrogen (secondary N) is 2. The molecule has 1 saturated carbocycles. The predicted octanol–water partition coefficient (Wildman–Crippen LogP) is 4.75. The second-order valence-corrected chi connectivity index (χ2v) is 6.57. The zero-order valence-electron chi connectivity index (χ0n) is 13.9. The maximum absolute atomic E-state index is 13.3. The number of aromatic nitrogens is 2. The molecule has 0 spiro atoms. The molecule has 132 valence electrons. The molecule has 4 rings (SSSR count). The van der Waals surface area contributed by atoms with E-state index >= 15 is 0 Å². The Morgan fingerprint density at radius 3 is 2.77 bits per heavy atom. The van der Waals surface area contributed by atoms with Gasteiger partial charge in [0.2, 0.25) is 5.91 Å². The van der Waals surface area contributed by atoms with Crippen LogP contribution in [0.5, 0.6) is 0 Å². The van der Waals surface area contributed by atoms with E-state index < -0.39 is 11.6 Å². The quantitative estimate of drug-likeness (QED) is 0.695. The Morgan fingerprint density at radius 2 is 2.00 bits per heavy atom. The Balaban J connectivity index is 1.56. The molecule has 1 aliphatic carbocycles. The minimum atomic E-state index is -0.889. The first-order valence-electron chi connectivity index (χ1n) is 8.49. The first-order chi connectivity index (χ1) is 12.6. The van der Waals surface area contributed by atoms with Gasteiger partial charge in [-0.15, -0.1) is 0 Å². The largest absolute Gasteiger partial charge is 0.326 e. The van der Waals surface area contributed by atoms with E-state index in [1.807, 2.05) is 18.2 Å². The number of carbonyl (C=O) groups is 1. The molecule has 1 aliphatic rings. The van der Waals surface area contributed by atoms with Gasteiger partial charge < -0.3 is 5.32 Å². The molecule has 1 fully saturated rings. The average Bonchev–Trinajstić information content (AvgIpc) is 3.33. The zero-order valence-corrected chi connectivity index (χ0v) is 13.9. The highest BCUT2D eigenvalue weighted by atomic mass is 19.2. The molecule has 1 heterocycles. The zero-order chi connectivity index (χ0) is 18.1. The van der Waals surface area contributed by atoms with Crippen molar-refractivity contribution in [1.29, 1.82) is 0 Å². The van der Waals surface area contributed by atoms with Gasteiger partial charge in [-0.25, -0.2) is 8.78 Å². The molecule has 0 radical (unpaired) electrons. The molecule has 0 unspecified atom stereocenters. The van der Waals surface area contributed by atoms with E-state index in [4.69, 9.17) is 0 Å². The molecule has 0 saturated heterocycles. The standard InChI is InChI=1S/C20H17F2N3O/c21-16-6-3-12(9-17(16)22)4-7-18-15-11-14(5-8-19(15)25-24-18)23-20(26)10-13-1-2-13/h3-9,11,13H,1-2,10H2,(H,23,26)(H,24,25)/b7-4+. The average molecular weight is 353 g/mol. The number of amides is 1. The molecular weight excluding hydrogens is 336 g/mol. The lowest BCUT2D eigenvalue weighted by atomic mass is 10.1. The third-order valence-electron chi connectivity index (χ3n) is 4.42. The number of aromatic amines is 1. The maximum atomic E-state index is 13.3. The fraction of sp³-hybridized carbons (Fsp3) is 0.200. The van der Waals surface area contributed by atoms with Crippen LogP contribution in [-0.2, 0) is 4.79 Å². The lowest BCUT2D eigenvalue weighted by molar-refractivity contribution is -0.116. The van der Waals surface area contributed by atoms with Crippen molar-refractivity contribution in [2.45, 2.75) is 19.3 Å². The Kier molecular flexibility index (Phi) is 4.24. The van der Waals surface area contributed by atoms with Gasteiger partial charge in [-0.3, -0.25) is 9.89 Å². The van der Waals surface area contributed by atoms with E-state index in [0.29, 0.717) is 29.3 Å². The van der Waals surface area contributed by atoms with Crippen molar-refractivity contribution in [2.75, 3.05) is 5.32 Å². The minimum Gasteiger partial charge on any atom is -0.326 e. The molecule has 2 N–H and O–H groups in total. The molecule has 3 aromatic rings. The summed E-state index contributed by atoms with van der Waals surface area (Å²) in [5.41, 5.74) is 2.74. The SMILES string of the molecule is O=C(CC1CC1)Nc1ccc2[nH]nc(/C=C/c3ccc(F)c(F)c3)c2c1. The van der Waals surface area contributed by atoms with E-state index in [-0.39, 0.29) is 5.91 Å². The van der Waals surface area contributed by atoms with Crippen LogP contribution in [0.1, 0.15) is 30.5 Å². The van der Waals surface area contributed by atoms with Crippen molar-refractivity contribution in [3.63, 3.8) is 0 Å². The van der Waals surface area contributed by atoms with Crippen molar-refractivity contribution in [1.82, 2.24) is 10.2 Å². The van der Waals surface area contributed by atoms with Crippen LogP contribution >= 0.6 is 0 Å². The molecule has 0 bridgehead atoms. The Hall–Kier alpha value is -3.02. The highest BCUT2D eigenvalue weighted by Crippen LogP contribution is 2.32. The third-order valence-corrected chi connectivity index (χ3v) is 4.42. The van der Waals surface area contributed by atoms with E-state index in [1.165, 1.54) is 6.07 Å². The summed E-state index contributed by atoms with van der Waals surface area (Å²) in [6.07, 6.45) is 6.21. The van der Waals surface area contributed by atoms with Crippen molar-refractivity contribution >= 4 is 34.6 Å². The molecule has 1 aromatic heterocycles. The van der Waals surface area contributed by atoms with Gasteiger partial charge >= 0.3 is 0 Å². The van der Waals surface area contributed by atoms with Crippen LogP contribution < -0.4 is 5.32 Å². The van der Waals surface area contributed by atoms with Crippen LogP contribution in [0.3, 0.4) is 0 Å². The number of H-pyrrole nitrogens is 1. The number of hydrogen-bond donors (Lipinski definition) is 2.